The van der Waals surface area contributed by atoms with Crippen molar-refractivity contribution in [2.75, 3.05) is 6.61 Å². The zero-order valence-corrected chi connectivity index (χ0v) is 14.9. The van der Waals surface area contributed by atoms with E-state index in [4.69, 9.17) is 4.74 Å². The van der Waals surface area contributed by atoms with Crippen molar-refractivity contribution in [3.05, 3.63) is 50.1 Å². The molecule has 2 aromatic rings. The minimum absolute atomic E-state index is 0.225. The highest BCUT2D eigenvalue weighted by Crippen LogP contribution is 2.39. The first kappa shape index (κ1) is 15.1. The zero-order valence-electron chi connectivity index (χ0n) is 11.0. The van der Waals surface area contributed by atoms with Crippen LogP contribution in [0, 0.1) is 0 Å². The molecule has 102 valence electrons. The van der Waals surface area contributed by atoms with Crippen molar-refractivity contribution in [2.45, 2.75) is 25.1 Å². The Morgan fingerprint density at radius 1 is 1.21 bits per heavy atom. The SMILES string of the molecule is CCOc1ccc(C(Br)c2ccc(CC)s2)c(Br)c1. The molecule has 1 atom stereocenters. The van der Waals surface area contributed by atoms with E-state index in [9.17, 15) is 0 Å². The fourth-order valence-electron chi connectivity index (χ4n) is 1.84. The van der Waals surface area contributed by atoms with Crippen LogP contribution >= 0.6 is 43.2 Å². The smallest absolute Gasteiger partial charge is 0.120 e. The molecule has 1 aromatic heterocycles. The van der Waals surface area contributed by atoms with Crippen LogP contribution in [-0.4, -0.2) is 6.61 Å². The number of halogens is 2. The summed E-state index contributed by atoms with van der Waals surface area (Å²) in [5.41, 5.74) is 1.23. The van der Waals surface area contributed by atoms with Crippen LogP contribution in [0.25, 0.3) is 0 Å². The van der Waals surface area contributed by atoms with E-state index in [-0.39, 0.29) is 4.83 Å². The number of benzene rings is 1. The molecule has 0 N–H and O–H groups in total. The molecule has 4 heteroatoms. The maximum Gasteiger partial charge on any atom is 0.120 e. The molecular formula is C15H16Br2OS. The van der Waals surface area contributed by atoms with E-state index >= 15 is 0 Å². The second-order valence-electron chi connectivity index (χ2n) is 4.14. The van der Waals surface area contributed by atoms with Gasteiger partial charge < -0.3 is 4.74 Å². The lowest BCUT2D eigenvalue weighted by molar-refractivity contribution is 0.340. The number of rotatable bonds is 5. The topological polar surface area (TPSA) is 9.23 Å². The van der Waals surface area contributed by atoms with Crippen molar-refractivity contribution < 1.29 is 4.74 Å². The van der Waals surface area contributed by atoms with E-state index in [1.807, 2.05) is 30.4 Å². The highest BCUT2D eigenvalue weighted by molar-refractivity contribution is 9.11. The molecule has 19 heavy (non-hydrogen) atoms. The van der Waals surface area contributed by atoms with Crippen LogP contribution < -0.4 is 4.74 Å². The molecule has 1 nitrogen and oxygen atoms in total. The van der Waals surface area contributed by atoms with Crippen LogP contribution in [-0.2, 0) is 6.42 Å². The molecule has 0 radical (unpaired) electrons. The van der Waals surface area contributed by atoms with E-state index in [1.165, 1.54) is 15.3 Å². The van der Waals surface area contributed by atoms with E-state index < -0.39 is 0 Å². The number of thiophene rings is 1. The zero-order chi connectivity index (χ0) is 13.8. The Balaban J connectivity index is 2.25. The van der Waals surface area contributed by atoms with Crippen LogP contribution in [0.3, 0.4) is 0 Å². The predicted molar refractivity (Wildman–Crippen MR) is 89.8 cm³/mol. The average molecular weight is 404 g/mol. The second kappa shape index (κ2) is 6.91. The third-order valence-electron chi connectivity index (χ3n) is 2.84. The average Bonchev–Trinajstić information content (AvgIpc) is 2.87. The van der Waals surface area contributed by atoms with Crippen LogP contribution in [0.4, 0.5) is 0 Å². The Morgan fingerprint density at radius 3 is 2.58 bits per heavy atom. The summed E-state index contributed by atoms with van der Waals surface area (Å²) in [6, 6.07) is 10.6. The summed E-state index contributed by atoms with van der Waals surface area (Å²) in [5, 5.41) is 0. The van der Waals surface area contributed by atoms with Gasteiger partial charge in [0.25, 0.3) is 0 Å². The second-order valence-corrected chi connectivity index (χ2v) is 7.11. The lowest BCUT2D eigenvalue weighted by Gasteiger charge is -2.12. The van der Waals surface area contributed by atoms with E-state index in [2.05, 4.69) is 57.0 Å². The molecule has 0 aliphatic carbocycles. The van der Waals surface area contributed by atoms with Crippen LogP contribution in [0.2, 0.25) is 0 Å². The first-order valence-electron chi connectivity index (χ1n) is 6.30. The van der Waals surface area contributed by atoms with Gasteiger partial charge in [0.1, 0.15) is 5.75 Å². The molecular weight excluding hydrogens is 388 g/mol. The van der Waals surface area contributed by atoms with Gasteiger partial charge in [0.2, 0.25) is 0 Å². The molecule has 0 aliphatic rings. The molecule has 0 fully saturated rings. The molecule has 0 saturated heterocycles. The molecule has 0 spiro atoms. The Hall–Kier alpha value is -0.320. The third kappa shape index (κ3) is 3.61. The fraction of sp³-hybridized carbons (Fsp3) is 0.333. The Morgan fingerprint density at radius 2 is 2.00 bits per heavy atom. The van der Waals surface area contributed by atoms with Gasteiger partial charge in [0.15, 0.2) is 0 Å². The van der Waals surface area contributed by atoms with Gasteiger partial charge in [-0.3, -0.25) is 0 Å². The third-order valence-corrected chi connectivity index (χ3v) is 6.11. The Labute approximate surface area is 135 Å². The number of ether oxygens (including phenoxy) is 1. The monoisotopic (exact) mass is 402 g/mol. The van der Waals surface area contributed by atoms with Gasteiger partial charge in [-0.25, -0.2) is 0 Å². The number of aryl methyl sites for hydroxylation is 1. The summed E-state index contributed by atoms with van der Waals surface area (Å²) in [4.78, 5) is 2.98. The van der Waals surface area contributed by atoms with Gasteiger partial charge in [-0.15, -0.1) is 11.3 Å². The van der Waals surface area contributed by atoms with Gasteiger partial charge >= 0.3 is 0 Å². The summed E-state index contributed by atoms with van der Waals surface area (Å²) < 4.78 is 6.58. The molecule has 0 amide bonds. The van der Waals surface area contributed by atoms with E-state index in [1.54, 1.807) is 0 Å². The highest BCUT2D eigenvalue weighted by atomic mass is 79.9. The lowest BCUT2D eigenvalue weighted by Crippen LogP contribution is -1.95. The maximum absolute atomic E-state index is 5.51. The molecule has 0 aliphatic heterocycles. The van der Waals surface area contributed by atoms with E-state index in [0.717, 1.165) is 16.6 Å². The van der Waals surface area contributed by atoms with Crippen LogP contribution in [0.15, 0.2) is 34.8 Å². The van der Waals surface area contributed by atoms with Gasteiger partial charge in [0, 0.05) is 14.2 Å². The standard InChI is InChI=1S/C15H16Br2OS/c1-3-11-6-8-14(19-11)15(17)12-7-5-10(18-4-2)9-13(12)16/h5-9,15H,3-4H2,1-2H3. The number of hydrogen-bond acceptors (Lipinski definition) is 2. The first-order valence-corrected chi connectivity index (χ1v) is 8.83. The summed E-state index contributed by atoms with van der Waals surface area (Å²) in [6.45, 7) is 4.87. The molecule has 2 rings (SSSR count). The summed E-state index contributed by atoms with van der Waals surface area (Å²) >= 11 is 9.28. The van der Waals surface area contributed by atoms with Crippen molar-refractivity contribution >= 4 is 43.2 Å². The van der Waals surface area contributed by atoms with Crippen molar-refractivity contribution in [3.8, 4) is 5.75 Å². The normalized spacial score (nSPS) is 12.4. The predicted octanol–water partition coefficient (Wildman–Crippen LogP) is 5.96. The summed E-state index contributed by atoms with van der Waals surface area (Å²) in [6.07, 6.45) is 1.09. The van der Waals surface area contributed by atoms with E-state index in [0.29, 0.717) is 6.61 Å². The molecule has 0 bridgehead atoms. The van der Waals surface area contributed by atoms with Crippen LogP contribution in [0.1, 0.15) is 34.0 Å². The van der Waals surface area contributed by atoms with Crippen molar-refractivity contribution in [3.63, 3.8) is 0 Å². The minimum atomic E-state index is 0.225. The quantitative estimate of drug-likeness (QED) is 0.560. The fourth-order valence-corrected chi connectivity index (χ4v) is 4.52. The molecule has 1 heterocycles. The van der Waals surface area contributed by atoms with Gasteiger partial charge in [-0.05, 0) is 43.2 Å². The Bertz CT molecular complexity index is 551. The summed E-state index contributed by atoms with van der Waals surface area (Å²) in [7, 11) is 0. The van der Waals surface area contributed by atoms with Crippen molar-refractivity contribution in [2.24, 2.45) is 0 Å². The Kier molecular flexibility index (Phi) is 5.48. The van der Waals surface area contributed by atoms with Gasteiger partial charge in [-0.1, -0.05) is 44.8 Å². The van der Waals surface area contributed by atoms with Crippen molar-refractivity contribution in [1.29, 1.82) is 0 Å². The highest BCUT2D eigenvalue weighted by Gasteiger charge is 2.16. The largest absolute Gasteiger partial charge is 0.494 e. The molecule has 1 aromatic carbocycles. The number of hydrogen-bond donors (Lipinski definition) is 0. The van der Waals surface area contributed by atoms with Gasteiger partial charge in [0.05, 0.1) is 11.4 Å². The number of alkyl halides is 1. The van der Waals surface area contributed by atoms with Crippen LogP contribution in [0.5, 0.6) is 5.75 Å². The molecule has 0 saturated carbocycles. The van der Waals surface area contributed by atoms with Gasteiger partial charge in [-0.2, -0.15) is 0 Å². The summed E-state index contributed by atoms with van der Waals surface area (Å²) in [5.74, 6) is 0.901. The lowest BCUT2D eigenvalue weighted by atomic mass is 10.1. The van der Waals surface area contributed by atoms with Crippen molar-refractivity contribution in [1.82, 2.24) is 0 Å². The minimum Gasteiger partial charge on any atom is -0.494 e. The first-order chi connectivity index (χ1) is 9.15. The molecule has 1 unspecified atom stereocenters. The maximum atomic E-state index is 5.51.